The maximum absolute atomic E-state index is 12.2. The van der Waals surface area contributed by atoms with E-state index < -0.39 is 0 Å². The first-order valence-electron chi connectivity index (χ1n) is 7.96. The SMILES string of the molecule is Cc1nc(-c2ccc3c(c2)CCC3NC(=O)Nc2ccncn2)no1. The van der Waals surface area contributed by atoms with Crippen molar-refractivity contribution in [2.75, 3.05) is 5.32 Å². The molecule has 2 amide bonds. The third-order valence-corrected chi connectivity index (χ3v) is 4.14. The summed E-state index contributed by atoms with van der Waals surface area (Å²) < 4.78 is 5.03. The zero-order chi connectivity index (χ0) is 17.2. The Balaban J connectivity index is 1.47. The van der Waals surface area contributed by atoms with Crippen LogP contribution in [0, 0.1) is 6.92 Å². The zero-order valence-electron chi connectivity index (χ0n) is 13.6. The van der Waals surface area contributed by atoms with Crippen molar-refractivity contribution in [1.29, 1.82) is 0 Å². The van der Waals surface area contributed by atoms with Crippen molar-refractivity contribution in [1.82, 2.24) is 25.4 Å². The number of carbonyl (C=O) groups excluding carboxylic acids is 1. The lowest BCUT2D eigenvalue weighted by atomic mass is 10.0. The molecule has 0 aliphatic heterocycles. The topological polar surface area (TPSA) is 106 Å². The van der Waals surface area contributed by atoms with Crippen LogP contribution in [-0.2, 0) is 6.42 Å². The first kappa shape index (κ1) is 15.3. The molecule has 0 saturated heterocycles. The van der Waals surface area contributed by atoms with Crippen molar-refractivity contribution < 1.29 is 9.32 Å². The third kappa shape index (κ3) is 3.18. The van der Waals surface area contributed by atoms with E-state index in [2.05, 4.69) is 36.8 Å². The Bertz CT molecular complexity index is 909. The lowest BCUT2D eigenvalue weighted by molar-refractivity contribution is 0.248. The second-order valence-corrected chi connectivity index (χ2v) is 5.83. The lowest BCUT2D eigenvalue weighted by Gasteiger charge is -2.14. The Kier molecular flexibility index (Phi) is 3.85. The number of hydrogen-bond donors (Lipinski definition) is 2. The van der Waals surface area contributed by atoms with Crippen molar-refractivity contribution in [3.63, 3.8) is 0 Å². The van der Waals surface area contributed by atoms with Crippen molar-refractivity contribution in [3.05, 3.63) is 53.8 Å². The number of nitrogens with zero attached hydrogens (tertiary/aromatic N) is 4. The number of carbonyl (C=O) groups is 1. The van der Waals surface area contributed by atoms with Gasteiger partial charge in [-0.25, -0.2) is 14.8 Å². The van der Waals surface area contributed by atoms with Gasteiger partial charge in [0.1, 0.15) is 12.1 Å². The maximum Gasteiger partial charge on any atom is 0.320 e. The Labute approximate surface area is 143 Å². The monoisotopic (exact) mass is 336 g/mol. The van der Waals surface area contributed by atoms with Gasteiger partial charge in [-0.2, -0.15) is 4.98 Å². The van der Waals surface area contributed by atoms with E-state index >= 15 is 0 Å². The van der Waals surface area contributed by atoms with E-state index in [1.807, 2.05) is 12.1 Å². The number of nitrogens with one attached hydrogen (secondary N) is 2. The van der Waals surface area contributed by atoms with Crippen LogP contribution in [0.2, 0.25) is 0 Å². The average molecular weight is 336 g/mol. The maximum atomic E-state index is 12.2. The van der Waals surface area contributed by atoms with Gasteiger partial charge in [0.05, 0.1) is 6.04 Å². The molecule has 3 aromatic rings. The van der Waals surface area contributed by atoms with E-state index in [0.717, 1.165) is 24.0 Å². The molecular formula is C17H16N6O2. The molecule has 1 aromatic carbocycles. The molecule has 0 saturated carbocycles. The molecule has 2 aromatic heterocycles. The molecule has 8 heteroatoms. The van der Waals surface area contributed by atoms with Gasteiger partial charge in [-0.05, 0) is 36.1 Å². The van der Waals surface area contributed by atoms with Crippen LogP contribution >= 0.6 is 0 Å². The van der Waals surface area contributed by atoms with Crippen LogP contribution in [0.15, 0.2) is 41.3 Å². The number of amides is 2. The minimum absolute atomic E-state index is 0.0297. The lowest BCUT2D eigenvalue weighted by Crippen LogP contribution is -2.31. The average Bonchev–Trinajstić information content (AvgIpc) is 3.22. The van der Waals surface area contributed by atoms with E-state index in [1.54, 1.807) is 19.2 Å². The molecule has 1 aliphatic carbocycles. The number of rotatable bonds is 3. The Hall–Kier alpha value is -3.29. The third-order valence-electron chi connectivity index (χ3n) is 4.14. The summed E-state index contributed by atoms with van der Waals surface area (Å²) in [5.74, 6) is 1.59. The molecule has 2 heterocycles. The molecule has 0 spiro atoms. The molecule has 1 atom stereocenters. The van der Waals surface area contributed by atoms with Crippen LogP contribution in [0.25, 0.3) is 11.4 Å². The summed E-state index contributed by atoms with van der Waals surface area (Å²) in [5.41, 5.74) is 3.22. The van der Waals surface area contributed by atoms with Crippen LogP contribution in [0.1, 0.15) is 29.5 Å². The van der Waals surface area contributed by atoms with Crippen LogP contribution < -0.4 is 10.6 Å². The van der Waals surface area contributed by atoms with Gasteiger partial charge in [-0.15, -0.1) is 0 Å². The van der Waals surface area contributed by atoms with Crippen LogP contribution in [0.4, 0.5) is 10.6 Å². The normalized spacial score (nSPS) is 15.6. The fourth-order valence-corrected chi connectivity index (χ4v) is 3.00. The summed E-state index contributed by atoms with van der Waals surface area (Å²) in [5, 5.41) is 9.64. The summed E-state index contributed by atoms with van der Waals surface area (Å²) in [6.45, 7) is 1.76. The highest BCUT2D eigenvalue weighted by Crippen LogP contribution is 2.33. The minimum atomic E-state index is -0.283. The second-order valence-electron chi connectivity index (χ2n) is 5.83. The number of anilines is 1. The molecule has 1 aliphatic rings. The van der Waals surface area contributed by atoms with Crippen LogP contribution in [0.5, 0.6) is 0 Å². The predicted octanol–water partition coefficient (Wildman–Crippen LogP) is 2.64. The van der Waals surface area contributed by atoms with E-state index in [0.29, 0.717) is 17.5 Å². The largest absolute Gasteiger partial charge is 0.339 e. The Morgan fingerprint density at radius 2 is 2.24 bits per heavy atom. The van der Waals surface area contributed by atoms with Crippen LogP contribution in [0.3, 0.4) is 0 Å². The van der Waals surface area contributed by atoms with Gasteiger partial charge in [0.2, 0.25) is 11.7 Å². The molecule has 25 heavy (non-hydrogen) atoms. The van der Waals surface area contributed by atoms with E-state index in [4.69, 9.17) is 4.52 Å². The highest BCUT2D eigenvalue weighted by molar-refractivity contribution is 5.88. The van der Waals surface area contributed by atoms with Gasteiger partial charge in [-0.1, -0.05) is 17.3 Å². The fraction of sp³-hybridized carbons (Fsp3) is 0.235. The highest BCUT2D eigenvalue weighted by Gasteiger charge is 2.25. The number of hydrogen-bond acceptors (Lipinski definition) is 6. The van der Waals surface area contributed by atoms with E-state index in [-0.39, 0.29) is 12.1 Å². The molecule has 1 unspecified atom stereocenters. The number of fused-ring (bicyclic) bond motifs is 1. The summed E-state index contributed by atoms with van der Waals surface area (Å²) in [6.07, 6.45) is 4.70. The van der Waals surface area contributed by atoms with Gasteiger partial charge in [0.15, 0.2) is 0 Å². The van der Waals surface area contributed by atoms with Crippen molar-refractivity contribution in [2.24, 2.45) is 0 Å². The predicted molar refractivity (Wildman–Crippen MR) is 89.7 cm³/mol. The van der Waals surface area contributed by atoms with E-state index in [1.165, 1.54) is 11.9 Å². The summed E-state index contributed by atoms with van der Waals surface area (Å²) in [4.78, 5) is 24.2. The molecule has 8 nitrogen and oxygen atoms in total. The van der Waals surface area contributed by atoms with Crippen molar-refractivity contribution in [2.45, 2.75) is 25.8 Å². The molecule has 126 valence electrons. The van der Waals surface area contributed by atoms with Gasteiger partial charge in [0.25, 0.3) is 0 Å². The zero-order valence-corrected chi connectivity index (χ0v) is 13.6. The molecular weight excluding hydrogens is 320 g/mol. The molecule has 2 N–H and O–H groups in total. The highest BCUT2D eigenvalue weighted by atomic mass is 16.5. The first-order valence-corrected chi connectivity index (χ1v) is 7.96. The fourth-order valence-electron chi connectivity index (χ4n) is 3.00. The summed E-state index contributed by atoms with van der Waals surface area (Å²) in [6, 6.07) is 7.35. The van der Waals surface area contributed by atoms with E-state index in [9.17, 15) is 4.79 Å². The molecule has 0 fully saturated rings. The van der Waals surface area contributed by atoms with Gasteiger partial charge >= 0.3 is 6.03 Å². The molecule has 0 bridgehead atoms. The minimum Gasteiger partial charge on any atom is -0.339 e. The molecule has 0 radical (unpaired) electrons. The summed E-state index contributed by atoms with van der Waals surface area (Å²) >= 11 is 0. The Morgan fingerprint density at radius 1 is 1.32 bits per heavy atom. The van der Waals surface area contributed by atoms with Gasteiger partial charge < -0.3 is 9.84 Å². The Morgan fingerprint density at radius 3 is 3.00 bits per heavy atom. The number of urea groups is 1. The van der Waals surface area contributed by atoms with Gasteiger partial charge in [-0.3, -0.25) is 5.32 Å². The summed E-state index contributed by atoms with van der Waals surface area (Å²) in [7, 11) is 0. The van der Waals surface area contributed by atoms with Gasteiger partial charge in [0, 0.05) is 18.7 Å². The number of benzene rings is 1. The standard InChI is InChI=1S/C17H16N6O2/c1-10-20-16(23-25-10)12-2-4-13-11(8-12)3-5-14(13)21-17(24)22-15-6-7-18-9-19-15/h2,4,6-9,14H,3,5H2,1H3,(H2,18,19,21,22,24). The first-order chi connectivity index (χ1) is 12.2. The van der Waals surface area contributed by atoms with Crippen LogP contribution in [-0.4, -0.2) is 26.1 Å². The smallest absolute Gasteiger partial charge is 0.320 e. The number of aryl methyl sites for hydroxylation is 2. The van der Waals surface area contributed by atoms with Crippen molar-refractivity contribution in [3.8, 4) is 11.4 Å². The van der Waals surface area contributed by atoms with Crippen molar-refractivity contribution >= 4 is 11.8 Å². The second kappa shape index (κ2) is 6.31. The quantitative estimate of drug-likeness (QED) is 0.761. The molecule has 4 rings (SSSR count). The number of aromatic nitrogens is 4.